The number of amides is 4. The molecule has 41 heavy (non-hydrogen) atoms. The van der Waals surface area contributed by atoms with Gasteiger partial charge < -0.3 is 30.5 Å². The van der Waals surface area contributed by atoms with Gasteiger partial charge in [0.05, 0.1) is 24.4 Å². The summed E-state index contributed by atoms with van der Waals surface area (Å²) in [6.45, 7) is 9.65. The molecule has 228 valence electrons. The summed E-state index contributed by atoms with van der Waals surface area (Å²) in [5, 5.41) is 5.40. The van der Waals surface area contributed by atoms with E-state index < -0.39 is 47.3 Å². The van der Waals surface area contributed by atoms with Crippen molar-refractivity contribution in [3.8, 4) is 0 Å². The van der Waals surface area contributed by atoms with Gasteiger partial charge >= 0.3 is 6.03 Å². The molecule has 0 bridgehead atoms. The number of thiol groups is 1. The molecule has 1 aromatic heterocycles. The van der Waals surface area contributed by atoms with Crippen LogP contribution in [0.25, 0.3) is 0 Å². The Morgan fingerprint density at radius 2 is 1.80 bits per heavy atom. The number of hydrogen-bond donors (Lipinski definition) is 5. The number of likely N-dealkylation sites (tertiary alicyclic amines) is 1. The van der Waals surface area contributed by atoms with Crippen LogP contribution in [-0.4, -0.2) is 71.3 Å². The van der Waals surface area contributed by atoms with Gasteiger partial charge in [-0.2, -0.15) is 0 Å². The number of nitrogens with two attached hydrogens (primary N) is 1. The van der Waals surface area contributed by atoms with Gasteiger partial charge in [-0.25, -0.2) is 4.79 Å². The maximum Gasteiger partial charge on any atom is 0.316 e. The fourth-order valence-corrected chi connectivity index (χ4v) is 4.74. The van der Waals surface area contributed by atoms with E-state index >= 15 is 0 Å². The SMILES string of the molecule is CC(C)C(NC(=O)NC(C(=O)N1CCCC1C=O)C(C)(C)C)C(=O)c1ccco1.NC(=O)C(=O)C(CC1CC1)NS. The van der Waals surface area contributed by atoms with Crippen molar-refractivity contribution in [3.05, 3.63) is 24.2 Å². The average molecular weight is 594 g/mol. The number of carbonyl (C=O) groups excluding carboxylic acids is 6. The van der Waals surface area contributed by atoms with Crippen LogP contribution in [0.3, 0.4) is 0 Å². The molecule has 2 heterocycles. The molecule has 4 atom stereocenters. The summed E-state index contributed by atoms with van der Waals surface area (Å²) in [7, 11) is 0. The number of primary amides is 1. The lowest BCUT2D eigenvalue weighted by Crippen LogP contribution is -2.59. The van der Waals surface area contributed by atoms with Crippen molar-refractivity contribution >= 4 is 48.5 Å². The van der Waals surface area contributed by atoms with Crippen LogP contribution in [0.1, 0.15) is 77.3 Å². The second-order valence-electron chi connectivity index (χ2n) is 11.9. The smallest absolute Gasteiger partial charge is 0.316 e. The summed E-state index contributed by atoms with van der Waals surface area (Å²) in [5.74, 6) is -1.53. The Labute approximate surface area is 246 Å². The first-order valence-corrected chi connectivity index (χ1v) is 14.3. The van der Waals surface area contributed by atoms with Crippen LogP contribution in [-0.2, 0) is 19.2 Å². The number of urea groups is 1. The highest BCUT2D eigenvalue weighted by Gasteiger charge is 2.40. The largest absolute Gasteiger partial charge is 0.461 e. The first-order chi connectivity index (χ1) is 19.2. The summed E-state index contributed by atoms with van der Waals surface area (Å²) in [4.78, 5) is 72.8. The topological polar surface area (TPSA) is 181 Å². The molecule has 4 amide bonds. The summed E-state index contributed by atoms with van der Waals surface area (Å²) >= 11 is 3.77. The molecular weight excluding hydrogens is 550 g/mol. The molecule has 1 saturated heterocycles. The van der Waals surface area contributed by atoms with E-state index in [-0.39, 0.29) is 23.4 Å². The number of nitrogens with one attached hydrogen (secondary N) is 3. The minimum absolute atomic E-state index is 0.165. The lowest BCUT2D eigenvalue weighted by atomic mass is 9.85. The quantitative estimate of drug-likeness (QED) is 0.106. The van der Waals surface area contributed by atoms with Crippen LogP contribution in [0.2, 0.25) is 0 Å². The molecule has 0 radical (unpaired) electrons. The van der Waals surface area contributed by atoms with E-state index in [1.807, 2.05) is 34.6 Å². The molecule has 5 N–H and O–H groups in total. The van der Waals surface area contributed by atoms with Crippen LogP contribution < -0.4 is 21.1 Å². The molecule has 1 aromatic rings. The van der Waals surface area contributed by atoms with Crippen molar-refractivity contribution in [1.29, 1.82) is 0 Å². The van der Waals surface area contributed by atoms with Crippen molar-refractivity contribution in [2.24, 2.45) is 23.0 Å². The van der Waals surface area contributed by atoms with Crippen molar-refractivity contribution in [1.82, 2.24) is 20.3 Å². The molecule has 2 aliphatic rings. The van der Waals surface area contributed by atoms with E-state index in [0.717, 1.165) is 25.5 Å². The van der Waals surface area contributed by atoms with Gasteiger partial charge in [-0.1, -0.05) is 60.3 Å². The second-order valence-corrected chi connectivity index (χ2v) is 12.2. The zero-order valence-corrected chi connectivity index (χ0v) is 25.2. The number of carbonyl (C=O) groups is 6. The molecule has 0 spiro atoms. The molecule has 1 aliphatic carbocycles. The molecule has 3 rings (SSSR count). The number of hydrogen-bond acceptors (Lipinski definition) is 9. The Morgan fingerprint density at radius 3 is 2.27 bits per heavy atom. The van der Waals surface area contributed by atoms with E-state index in [4.69, 9.17) is 10.2 Å². The van der Waals surface area contributed by atoms with Gasteiger partial charge in [-0.05, 0) is 48.6 Å². The van der Waals surface area contributed by atoms with Crippen LogP contribution in [0.4, 0.5) is 4.79 Å². The molecular formula is C28H43N5O7S. The Hall–Kier alpha value is -3.19. The minimum atomic E-state index is -0.887. The molecule has 12 nitrogen and oxygen atoms in total. The van der Waals surface area contributed by atoms with E-state index in [2.05, 4.69) is 28.2 Å². The third-order valence-electron chi connectivity index (χ3n) is 7.11. The second kappa shape index (κ2) is 15.2. The van der Waals surface area contributed by atoms with Crippen LogP contribution in [0, 0.1) is 17.3 Å². The van der Waals surface area contributed by atoms with Crippen molar-refractivity contribution < 1.29 is 33.2 Å². The Kier molecular flexibility index (Phi) is 12.6. The molecule has 2 fully saturated rings. The van der Waals surface area contributed by atoms with Gasteiger partial charge in [-0.15, -0.1) is 0 Å². The van der Waals surface area contributed by atoms with Crippen molar-refractivity contribution in [2.75, 3.05) is 6.54 Å². The Morgan fingerprint density at radius 1 is 1.15 bits per heavy atom. The Bertz CT molecular complexity index is 1080. The molecule has 4 unspecified atom stereocenters. The Balaban J connectivity index is 0.000000408. The lowest BCUT2D eigenvalue weighted by molar-refractivity contribution is -0.138. The fraction of sp³-hybridized carbons (Fsp3) is 0.643. The summed E-state index contributed by atoms with van der Waals surface area (Å²) in [6.07, 6.45) is 6.51. The summed E-state index contributed by atoms with van der Waals surface area (Å²) < 4.78 is 7.66. The maximum absolute atomic E-state index is 13.1. The molecule has 1 saturated carbocycles. The van der Waals surface area contributed by atoms with Crippen LogP contribution in [0.15, 0.2) is 22.8 Å². The monoisotopic (exact) mass is 593 g/mol. The highest BCUT2D eigenvalue weighted by Crippen LogP contribution is 2.33. The predicted octanol–water partition coefficient (Wildman–Crippen LogP) is 2.03. The van der Waals surface area contributed by atoms with Gasteiger partial charge in [0.15, 0.2) is 5.76 Å². The zero-order chi connectivity index (χ0) is 30.9. The zero-order valence-electron chi connectivity index (χ0n) is 24.3. The minimum Gasteiger partial charge on any atom is -0.461 e. The van der Waals surface area contributed by atoms with Gasteiger partial charge in [0.2, 0.25) is 17.5 Å². The summed E-state index contributed by atoms with van der Waals surface area (Å²) in [6, 6.07) is -0.0521. The maximum atomic E-state index is 13.1. The average Bonchev–Trinajstić information content (AvgIpc) is 3.35. The van der Waals surface area contributed by atoms with Crippen molar-refractivity contribution in [2.45, 2.75) is 90.9 Å². The van der Waals surface area contributed by atoms with E-state index in [9.17, 15) is 28.8 Å². The van der Waals surface area contributed by atoms with Gasteiger partial charge in [0.25, 0.3) is 5.91 Å². The standard InChI is InChI=1S/C21H31N3O5.C7H12N2O2S/c1-13(2)16(17(26)15-9-7-11-29-15)22-20(28)23-18(21(3,4)5)19(27)24-10-6-8-14(24)12-25;8-7(11)6(10)5(9-12)3-4-1-2-4/h7,9,11-14,16,18H,6,8,10H2,1-5H3,(H2,22,23,28);4-5,9,12H,1-3H2,(H2,8,11). The fourth-order valence-electron chi connectivity index (χ4n) is 4.52. The number of Topliss-reactive ketones (excluding diaryl/α,β-unsaturated/α-hetero) is 2. The number of aldehydes is 1. The predicted molar refractivity (Wildman–Crippen MR) is 155 cm³/mol. The van der Waals surface area contributed by atoms with E-state index in [1.165, 1.54) is 11.2 Å². The van der Waals surface area contributed by atoms with Crippen LogP contribution in [0.5, 0.6) is 0 Å². The number of rotatable bonds is 12. The van der Waals surface area contributed by atoms with Crippen molar-refractivity contribution in [3.63, 3.8) is 0 Å². The first kappa shape index (κ1) is 34.0. The van der Waals surface area contributed by atoms with Crippen LogP contribution >= 0.6 is 12.8 Å². The highest BCUT2D eigenvalue weighted by atomic mass is 32.1. The number of nitrogens with zero attached hydrogens (tertiary/aromatic N) is 1. The number of ketones is 2. The summed E-state index contributed by atoms with van der Waals surface area (Å²) in [5.41, 5.74) is 4.27. The molecule has 1 aliphatic heterocycles. The third-order valence-corrected chi connectivity index (χ3v) is 7.42. The molecule has 13 heteroatoms. The first-order valence-electron chi connectivity index (χ1n) is 13.8. The molecule has 0 aromatic carbocycles. The van der Waals surface area contributed by atoms with E-state index in [0.29, 0.717) is 25.3 Å². The third kappa shape index (κ3) is 9.99. The lowest BCUT2D eigenvalue weighted by Gasteiger charge is -2.35. The normalized spacial score (nSPS) is 18.9. The van der Waals surface area contributed by atoms with Gasteiger partial charge in [0, 0.05) is 6.54 Å². The highest BCUT2D eigenvalue weighted by molar-refractivity contribution is 7.78. The van der Waals surface area contributed by atoms with Gasteiger partial charge in [-0.3, -0.25) is 23.9 Å². The van der Waals surface area contributed by atoms with Gasteiger partial charge in [0.1, 0.15) is 12.3 Å². The van der Waals surface area contributed by atoms with E-state index in [1.54, 1.807) is 12.1 Å². The number of furan rings is 1.